The van der Waals surface area contributed by atoms with Crippen molar-refractivity contribution in [2.45, 2.75) is 40.0 Å². The molecule has 1 amide bonds. The number of amides is 1. The number of likely N-dealkylation sites (tertiary alicyclic amines) is 1. The van der Waals surface area contributed by atoms with Gasteiger partial charge in [0.05, 0.1) is 12.0 Å². The molecule has 1 aliphatic heterocycles. The molecule has 1 saturated heterocycles. The van der Waals surface area contributed by atoms with E-state index in [1.54, 1.807) is 4.90 Å². The monoisotopic (exact) mass is 270 g/mol. The summed E-state index contributed by atoms with van der Waals surface area (Å²) in [6.07, 6.45) is 2.21. The van der Waals surface area contributed by atoms with E-state index in [4.69, 9.17) is 0 Å². The molecule has 110 valence electrons. The van der Waals surface area contributed by atoms with Gasteiger partial charge in [-0.1, -0.05) is 13.3 Å². The number of hydrogen-bond donors (Lipinski definition) is 1. The highest BCUT2D eigenvalue weighted by Crippen LogP contribution is 2.35. The highest BCUT2D eigenvalue weighted by Gasteiger charge is 2.44. The van der Waals surface area contributed by atoms with Gasteiger partial charge in [0.2, 0.25) is 5.91 Å². The molecule has 1 heterocycles. The Morgan fingerprint density at radius 2 is 1.89 bits per heavy atom. The summed E-state index contributed by atoms with van der Waals surface area (Å²) >= 11 is 0. The fourth-order valence-electron chi connectivity index (χ4n) is 2.92. The van der Waals surface area contributed by atoms with Crippen LogP contribution in [0.4, 0.5) is 0 Å². The van der Waals surface area contributed by atoms with E-state index in [-0.39, 0.29) is 5.91 Å². The van der Waals surface area contributed by atoms with Crippen molar-refractivity contribution in [3.8, 4) is 0 Å². The topological polar surface area (TPSA) is 60.9 Å². The van der Waals surface area contributed by atoms with Gasteiger partial charge in [-0.25, -0.2) is 0 Å². The van der Waals surface area contributed by atoms with Gasteiger partial charge < -0.3 is 10.0 Å². The molecule has 0 bridgehead atoms. The Hall–Kier alpha value is -1.10. The standard InChI is InChI=1S/C14H26N2O3/c1-4-7-14(13(18)19)8-9-15(11-14)10-12(17)16(5-2)6-3/h4-11H2,1-3H3,(H,18,19). The number of carbonyl (C=O) groups is 2. The predicted molar refractivity (Wildman–Crippen MR) is 74.0 cm³/mol. The molecule has 0 aliphatic carbocycles. The van der Waals surface area contributed by atoms with E-state index in [1.807, 2.05) is 25.7 Å². The molecule has 1 fully saturated rings. The maximum absolute atomic E-state index is 12.0. The summed E-state index contributed by atoms with van der Waals surface area (Å²) in [5, 5.41) is 9.43. The Kier molecular flexibility index (Phi) is 5.79. The van der Waals surface area contributed by atoms with Crippen molar-refractivity contribution < 1.29 is 14.7 Å². The average molecular weight is 270 g/mol. The van der Waals surface area contributed by atoms with Crippen LogP contribution in [-0.4, -0.2) is 59.5 Å². The Morgan fingerprint density at radius 3 is 2.37 bits per heavy atom. The van der Waals surface area contributed by atoms with E-state index >= 15 is 0 Å². The normalized spacial score (nSPS) is 23.5. The van der Waals surface area contributed by atoms with Crippen molar-refractivity contribution in [2.75, 3.05) is 32.7 Å². The Labute approximate surface area is 115 Å². The molecule has 1 unspecified atom stereocenters. The van der Waals surface area contributed by atoms with E-state index < -0.39 is 11.4 Å². The lowest BCUT2D eigenvalue weighted by molar-refractivity contribution is -0.149. The van der Waals surface area contributed by atoms with Crippen LogP contribution in [0.2, 0.25) is 0 Å². The van der Waals surface area contributed by atoms with Crippen molar-refractivity contribution >= 4 is 11.9 Å². The molecule has 0 aromatic rings. The van der Waals surface area contributed by atoms with Gasteiger partial charge in [0.15, 0.2) is 0 Å². The van der Waals surface area contributed by atoms with E-state index in [1.165, 1.54) is 0 Å². The lowest BCUT2D eigenvalue weighted by atomic mass is 9.83. The third kappa shape index (κ3) is 3.69. The lowest BCUT2D eigenvalue weighted by Crippen LogP contribution is -2.41. The molecule has 0 aromatic heterocycles. The lowest BCUT2D eigenvalue weighted by Gasteiger charge is -2.26. The Bertz CT molecular complexity index is 329. The van der Waals surface area contributed by atoms with Crippen LogP contribution in [0.25, 0.3) is 0 Å². The zero-order valence-electron chi connectivity index (χ0n) is 12.3. The van der Waals surface area contributed by atoms with Crippen LogP contribution in [0, 0.1) is 5.41 Å². The molecule has 1 N–H and O–H groups in total. The van der Waals surface area contributed by atoms with Crippen LogP contribution < -0.4 is 0 Å². The number of rotatable bonds is 7. The van der Waals surface area contributed by atoms with Gasteiger partial charge >= 0.3 is 5.97 Å². The van der Waals surface area contributed by atoms with Gasteiger partial charge in [-0.05, 0) is 33.2 Å². The first-order chi connectivity index (χ1) is 8.99. The van der Waals surface area contributed by atoms with Crippen molar-refractivity contribution in [3.05, 3.63) is 0 Å². The second-order valence-electron chi connectivity index (χ2n) is 5.36. The summed E-state index contributed by atoms with van der Waals surface area (Å²) in [6.45, 7) is 8.91. The smallest absolute Gasteiger partial charge is 0.310 e. The van der Waals surface area contributed by atoms with Gasteiger partial charge in [0.25, 0.3) is 0 Å². The quantitative estimate of drug-likeness (QED) is 0.760. The molecule has 0 radical (unpaired) electrons. The summed E-state index contributed by atoms with van der Waals surface area (Å²) in [7, 11) is 0. The second kappa shape index (κ2) is 6.89. The van der Waals surface area contributed by atoms with Crippen LogP contribution >= 0.6 is 0 Å². The van der Waals surface area contributed by atoms with Gasteiger partial charge in [0.1, 0.15) is 0 Å². The Balaban J connectivity index is 2.60. The van der Waals surface area contributed by atoms with Crippen LogP contribution in [-0.2, 0) is 9.59 Å². The molecule has 1 atom stereocenters. The van der Waals surface area contributed by atoms with E-state index in [2.05, 4.69) is 0 Å². The first-order valence-corrected chi connectivity index (χ1v) is 7.22. The third-order valence-electron chi connectivity index (χ3n) is 4.09. The number of nitrogens with zero attached hydrogens (tertiary/aromatic N) is 2. The largest absolute Gasteiger partial charge is 0.481 e. The molecule has 0 spiro atoms. The maximum atomic E-state index is 12.0. The van der Waals surface area contributed by atoms with E-state index in [0.29, 0.717) is 45.6 Å². The van der Waals surface area contributed by atoms with Crippen LogP contribution in [0.3, 0.4) is 0 Å². The number of hydrogen-bond acceptors (Lipinski definition) is 3. The minimum absolute atomic E-state index is 0.0997. The van der Waals surface area contributed by atoms with E-state index in [0.717, 1.165) is 6.42 Å². The summed E-state index contributed by atoms with van der Waals surface area (Å²) in [5.74, 6) is -0.616. The van der Waals surface area contributed by atoms with Crippen LogP contribution in [0.1, 0.15) is 40.0 Å². The van der Waals surface area contributed by atoms with Crippen molar-refractivity contribution in [1.82, 2.24) is 9.80 Å². The van der Waals surface area contributed by atoms with Crippen molar-refractivity contribution in [3.63, 3.8) is 0 Å². The van der Waals surface area contributed by atoms with Gasteiger partial charge in [-0.3, -0.25) is 14.5 Å². The minimum Gasteiger partial charge on any atom is -0.481 e. The molecular formula is C14H26N2O3. The molecule has 1 rings (SSSR count). The number of aliphatic carboxylic acids is 1. The molecule has 19 heavy (non-hydrogen) atoms. The first kappa shape index (κ1) is 16.0. The van der Waals surface area contributed by atoms with Gasteiger partial charge in [0, 0.05) is 19.6 Å². The summed E-state index contributed by atoms with van der Waals surface area (Å²) in [4.78, 5) is 27.3. The molecular weight excluding hydrogens is 244 g/mol. The minimum atomic E-state index is -0.716. The molecule has 1 aliphatic rings. The molecule has 0 aromatic carbocycles. The van der Waals surface area contributed by atoms with Gasteiger partial charge in [-0.2, -0.15) is 0 Å². The van der Waals surface area contributed by atoms with Crippen LogP contribution in [0.15, 0.2) is 0 Å². The van der Waals surface area contributed by atoms with Crippen molar-refractivity contribution in [1.29, 1.82) is 0 Å². The average Bonchev–Trinajstić information content (AvgIpc) is 2.76. The predicted octanol–water partition coefficient (Wildman–Crippen LogP) is 1.43. The number of carboxylic acid groups (broad SMARTS) is 1. The maximum Gasteiger partial charge on any atom is 0.310 e. The fraction of sp³-hybridized carbons (Fsp3) is 0.857. The van der Waals surface area contributed by atoms with Gasteiger partial charge in [-0.15, -0.1) is 0 Å². The summed E-state index contributed by atoms with van der Waals surface area (Å²) in [6, 6.07) is 0. The summed E-state index contributed by atoms with van der Waals surface area (Å²) in [5.41, 5.74) is -0.641. The molecule has 5 nitrogen and oxygen atoms in total. The zero-order chi connectivity index (χ0) is 14.5. The fourth-order valence-corrected chi connectivity index (χ4v) is 2.92. The second-order valence-corrected chi connectivity index (χ2v) is 5.36. The molecule has 5 heteroatoms. The summed E-state index contributed by atoms with van der Waals surface area (Å²) < 4.78 is 0. The van der Waals surface area contributed by atoms with Crippen LogP contribution in [0.5, 0.6) is 0 Å². The molecule has 0 saturated carbocycles. The Morgan fingerprint density at radius 1 is 1.26 bits per heavy atom. The number of carbonyl (C=O) groups excluding carboxylic acids is 1. The van der Waals surface area contributed by atoms with E-state index in [9.17, 15) is 14.7 Å². The SMILES string of the molecule is CCCC1(C(=O)O)CCN(CC(=O)N(CC)CC)C1. The third-order valence-corrected chi connectivity index (χ3v) is 4.09. The number of likely N-dealkylation sites (N-methyl/N-ethyl adjacent to an activating group) is 1. The zero-order valence-corrected chi connectivity index (χ0v) is 12.3. The van der Waals surface area contributed by atoms with Crippen molar-refractivity contribution in [2.24, 2.45) is 5.41 Å². The number of carboxylic acids is 1. The highest BCUT2D eigenvalue weighted by atomic mass is 16.4. The first-order valence-electron chi connectivity index (χ1n) is 7.22. The highest BCUT2D eigenvalue weighted by molar-refractivity contribution is 5.79.